The predicted molar refractivity (Wildman–Crippen MR) is 41.2 cm³/mol. The highest BCUT2D eigenvalue weighted by Gasteiger charge is 1.73. The molecule has 3 heteroatoms. The topological polar surface area (TPSA) is 55.1 Å². The summed E-state index contributed by atoms with van der Waals surface area (Å²) in [5.74, 6) is -0.333. The quantitative estimate of drug-likeness (QED) is 0.503. The molecule has 1 aliphatic heterocycles. The molecule has 1 rings (SSSR count). The predicted octanol–water partition coefficient (Wildman–Crippen LogP) is 0.151. The van der Waals surface area contributed by atoms with Crippen LogP contribution in [0.15, 0.2) is 24.4 Å². The van der Waals surface area contributed by atoms with Crippen LogP contribution < -0.4 is 11.1 Å². The second kappa shape index (κ2) is 5.88. The average Bonchev–Trinajstić information content (AvgIpc) is 1.90. The van der Waals surface area contributed by atoms with Crippen LogP contribution >= 0.6 is 0 Å². The van der Waals surface area contributed by atoms with Gasteiger partial charge in [0.2, 0.25) is 5.91 Å². The fourth-order valence-electron chi connectivity index (χ4n) is 0.406. The lowest BCUT2D eigenvalue weighted by Gasteiger charge is -1.94. The Balaban J connectivity index is 0.000000180. The first-order valence-electron chi connectivity index (χ1n) is 3.04. The number of nitrogens with one attached hydrogen (secondary N) is 1. The third-order valence-electron chi connectivity index (χ3n) is 0.697. The first-order chi connectivity index (χ1) is 4.73. The van der Waals surface area contributed by atoms with E-state index in [1.807, 2.05) is 18.4 Å². The molecule has 1 heterocycles. The van der Waals surface area contributed by atoms with Gasteiger partial charge in [-0.15, -0.1) is 0 Å². The molecule has 0 aliphatic carbocycles. The fraction of sp³-hybridized carbons (Fsp3) is 0.286. The van der Waals surface area contributed by atoms with E-state index in [1.54, 1.807) is 0 Å². The lowest BCUT2D eigenvalue weighted by atomic mass is 10.4. The van der Waals surface area contributed by atoms with Crippen molar-refractivity contribution >= 4 is 5.91 Å². The van der Waals surface area contributed by atoms with E-state index < -0.39 is 0 Å². The minimum atomic E-state index is -0.333. The normalized spacial score (nSPS) is 12.9. The third kappa shape index (κ3) is 9.89. The molecule has 0 aromatic heterocycles. The smallest absolute Gasteiger partial charge is 0.214 e. The zero-order valence-corrected chi connectivity index (χ0v) is 6.00. The summed E-state index contributed by atoms with van der Waals surface area (Å²) in [6, 6.07) is 0. The number of amides is 1. The molecule has 0 aromatic carbocycles. The molecule has 0 bridgehead atoms. The number of carbonyl (C=O) groups is 1. The molecule has 3 N–H and O–H groups in total. The number of allylic oxidation sites excluding steroid dienone is 2. The molecular formula is C7H12N2O. The molecule has 56 valence electrons. The van der Waals surface area contributed by atoms with E-state index in [0.29, 0.717) is 0 Å². The Hall–Kier alpha value is -1.25. The van der Waals surface area contributed by atoms with Gasteiger partial charge in [0, 0.05) is 13.5 Å². The minimum absolute atomic E-state index is 0.333. The van der Waals surface area contributed by atoms with Gasteiger partial charge in [0.25, 0.3) is 0 Å². The van der Waals surface area contributed by atoms with Crippen molar-refractivity contribution in [2.75, 3.05) is 6.54 Å². The van der Waals surface area contributed by atoms with Gasteiger partial charge in [-0.05, 0) is 12.3 Å². The van der Waals surface area contributed by atoms with Gasteiger partial charge in [-0.3, -0.25) is 4.79 Å². The van der Waals surface area contributed by atoms with Crippen LogP contribution in [-0.2, 0) is 4.79 Å². The van der Waals surface area contributed by atoms with Crippen LogP contribution in [0.3, 0.4) is 0 Å². The SMILES string of the molecule is C1=CCNC=C1.CC(N)=O. The van der Waals surface area contributed by atoms with Crippen LogP contribution in [-0.4, -0.2) is 12.5 Å². The van der Waals surface area contributed by atoms with Gasteiger partial charge < -0.3 is 11.1 Å². The number of primary amides is 1. The van der Waals surface area contributed by atoms with Gasteiger partial charge in [0.05, 0.1) is 0 Å². The summed E-state index contributed by atoms with van der Waals surface area (Å²) in [4.78, 5) is 9.22. The van der Waals surface area contributed by atoms with Crippen molar-refractivity contribution in [1.29, 1.82) is 0 Å². The molecule has 0 radical (unpaired) electrons. The van der Waals surface area contributed by atoms with E-state index in [4.69, 9.17) is 0 Å². The van der Waals surface area contributed by atoms with Crippen molar-refractivity contribution < 1.29 is 4.79 Å². The lowest BCUT2D eigenvalue weighted by molar-refractivity contribution is -0.115. The van der Waals surface area contributed by atoms with E-state index in [2.05, 4.69) is 17.1 Å². The monoisotopic (exact) mass is 140 g/mol. The van der Waals surface area contributed by atoms with Crippen LogP contribution in [0.1, 0.15) is 6.92 Å². The molecule has 1 amide bonds. The maximum absolute atomic E-state index is 9.22. The Morgan fingerprint density at radius 2 is 2.20 bits per heavy atom. The van der Waals surface area contributed by atoms with Crippen molar-refractivity contribution in [3.8, 4) is 0 Å². The summed E-state index contributed by atoms with van der Waals surface area (Å²) in [6.07, 6.45) is 8.00. The highest BCUT2D eigenvalue weighted by atomic mass is 16.1. The summed E-state index contributed by atoms with van der Waals surface area (Å²) in [6.45, 7) is 2.29. The highest BCUT2D eigenvalue weighted by molar-refractivity contribution is 5.70. The van der Waals surface area contributed by atoms with Crippen LogP contribution in [0.5, 0.6) is 0 Å². The summed E-state index contributed by atoms with van der Waals surface area (Å²) in [5.41, 5.74) is 4.47. The second-order valence-electron chi connectivity index (χ2n) is 1.81. The van der Waals surface area contributed by atoms with Crippen molar-refractivity contribution in [2.45, 2.75) is 6.92 Å². The first kappa shape index (κ1) is 8.75. The Kier molecular flexibility index (Phi) is 5.14. The number of dihydropyridines is 1. The Morgan fingerprint density at radius 1 is 1.60 bits per heavy atom. The van der Waals surface area contributed by atoms with Crippen molar-refractivity contribution in [1.82, 2.24) is 5.32 Å². The van der Waals surface area contributed by atoms with Crippen molar-refractivity contribution in [3.05, 3.63) is 24.4 Å². The van der Waals surface area contributed by atoms with Crippen molar-refractivity contribution in [2.24, 2.45) is 5.73 Å². The molecule has 1 aliphatic rings. The molecule has 0 saturated heterocycles. The van der Waals surface area contributed by atoms with E-state index in [1.165, 1.54) is 6.92 Å². The number of nitrogens with two attached hydrogens (primary N) is 1. The summed E-state index contributed by atoms with van der Waals surface area (Å²) in [5, 5.41) is 3.02. The Labute approximate surface area is 60.6 Å². The third-order valence-corrected chi connectivity index (χ3v) is 0.697. The van der Waals surface area contributed by atoms with E-state index in [0.717, 1.165) is 6.54 Å². The molecular weight excluding hydrogens is 128 g/mol. The average molecular weight is 140 g/mol. The Morgan fingerprint density at radius 3 is 2.30 bits per heavy atom. The second-order valence-corrected chi connectivity index (χ2v) is 1.81. The van der Waals surface area contributed by atoms with Gasteiger partial charge in [0.1, 0.15) is 0 Å². The number of hydrogen-bond donors (Lipinski definition) is 2. The summed E-state index contributed by atoms with van der Waals surface area (Å²) in [7, 11) is 0. The largest absolute Gasteiger partial charge is 0.387 e. The lowest BCUT2D eigenvalue weighted by Crippen LogP contribution is -2.05. The molecule has 0 saturated carbocycles. The first-order valence-corrected chi connectivity index (χ1v) is 3.04. The van der Waals surface area contributed by atoms with Gasteiger partial charge >= 0.3 is 0 Å². The van der Waals surface area contributed by atoms with Gasteiger partial charge in [-0.1, -0.05) is 12.2 Å². The van der Waals surface area contributed by atoms with Crippen molar-refractivity contribution in [3.63, 3.8) is 0 Å². The molecule has 0 spiro atoms. The highest BCUT2D eigenvalue weighted by Crippen LogP contribution is 1.78. The van der Waals surface area contributed by atoms with E-state index in [9.17, 15) is 4.79 Å². The molecule has 10 heavy (non-hydrogen) atoms. The Bertz CT molecular complexity index is 134. The zero-order chi connectivity index (χ0) is 7.82. The summed E-state index contributed by atoms with van der Waals surface area (Å²) < 4.78 is 0. The zero-order valence-electron chi connectivity index (χ0n) is 6.00. The molecule has 0 unspecified atom stereocenters. The summed E-state index contributed by atoms with van der Waals surface area (Å²) >= 11 is 0. The van der Waals surface area contributed by atoms with Gasteiger partial charge in [-0.2, -0.15) is 0 Å². The molecule has 0 atom stereocenters. The number of hydrogen-bond acceptors (Lipinski definition) is 2. The molecule has 0 fully saturated rings. The van der Waals surface area contributed by atoms with Crippen LogP contribution in [0.4, 0.5) is 0 Å². The van der Waals surface area contributed by atoms with Crippen LogP contribution in [0.2, 0.25) is 0 Å². The molecule has 3 nitrogen and oxygen atoms in total. The molecule has 0 aromatic rings. The minimum Gasteiger partial charge on any atom is -0.387 e. The fourth-order valence-corrected chi connectivity index (χ4v) is 0.406. The van der Waals surface area contributed by atoms with Gasteiger partial charge in [0.15, 0.2) is 0 Å². The van der Waals surface area contributed by atoms with E-state index in [-0.39, 0.29) is 5.91 Å². The van der Waals surface area contributed by atoms with Gasteiger partial charge in [-0.25, -0.2) is 0 Å². The van der Waals surface area contributed by atoms with Crippen LogP contribution in [0.25, 0.3) is 0 Å². The maximum atomic E-state index is 9.22. The van der Waals surface area contributed by atoms with E-state index >= 15 is 0 Å². The number of carbonyl (C=O) groups excluding carboxylic acids is 1. The standard InChI is InChI=1S/C5H7N.C2H5NO/c1-2-4-6-5-3-1;1-2(3)4/h1-4,6H,5H2;1H3,(H2,3,4). The van der Waals surface area contributed by atoms with Crippen LogP contribution in [0, 0.1) is 0 Å². The maximum Gasteiger partial charge on any atom is 0.214 e. The number of rotatable bonds is 0.